The number of furan rings is 1. The van der Waals surface area contributed by atoms with Gasteiger partial charge in [0.1, 0.15) is 10.7 Å². The molecule has 0 spiro atoms. The van der Waals surface area contributed by atoms with Crippen LogP contribution in [0.4, 0.5) is 0 Å². The van der Waals surface area contributed by atoms with Crippen LogP contribution < -0.4 is 10.0 Å². The molecule has 0 saturated carbocycles. The highest BCUT2D eigenvalue weighted by molar-refractivity contribution is 9.10. The maximum Gasteiger partial charge on any atom is 0.245 e. The maximum absolute atomic E-state index is 12.4. The Morgan fingerprint density at radius 3 is 2.42 bits per heavy atom. The minimum absolute atomic E-state index is 0.144. The van der Waals surface area contributed by atoms with E-state index in [2.05, 4.69) is 26.0 Å². The number of rotatable bonds is 7. The SMILES string of the molecule is CCC(C)(CC)NS(=O)(=O)c1cc(CNC)oc1Br. The lowest BCUT2D eigenvalue weighted by atomic mass is 9.98. The Kier molecular flexibility index (Phi) is 5.61. The highest BCUT2D eigenvalue weighted by Crippen LogP contribution is 2.28. The van der Waals surface area contributed by atoms with Crippen LogP contribution in [0.5, 0.6) is 0 Å². The van der Waals surface area contributed by atoms with Crippen LogP contribution >= 0.6 is 15.9 Å². The Bertz CT molecular complexity index is 521. The zero-order valence-corrected chi connectivity index (χ0v) is 14.1. The summed E-state index contributed by atoms with van der Waals surface area (Å²) in [5.41, 5.74) is -0.446. The summed E-state index contributed by atoms with van der Waals surface area (Å²) in [7, 11) is -1.82. The molecule has 0 unspecified atom stereocenters. The highest BCUT2D eigenvalue weighted by Gasteiger charge is 2.30. The van der Waals surface area contributed by atoms with Gasteiger partial charge in [0, 0.05) is 11.6 Å². The molecular formula is C12H21BrN2O3S. The molecule has 1 aromatic rings. The van der Waals surface area contributed by atoms with E-state index < -0.39 is 15.6 Å². The number of sulfonamides is 1. The van der Waals surface area contributed by atoms with Crippen LogP contribution in [0.2, 0.25) is 0 Å². The first kappa shape index (κ1) is 16.7. The van der Waals surface area contributed by atoms with E-state index in [1.807, 2.05) is 20.8 Å². The van der Waals surface area contributed by atoms with E-state index in [1.165, 1.54) is 6.07 Å². The van der Waals surface area contributed by atoms with Gasteiger partial charge < -0.3 is 9.73 Å². The lowest BCUT2D eigenvalue weighted by Crippen LogP contribution is -2.44. The van der Waals surface area contributed by atoms with Gasteiger partial charge in [0.25, 0.3) is 0 Å². The normalized spacial score (nSPS) is 12.9. The number of hydrogen-bond donors (Lipinski definition) is 2. The van der Waals surface area contributed by atoms with Crippen molar-refractivity contribution in [3.63, 3.8) is 0 Å². The first-order chi connectivity index (χ1) is 8.78. The molecule has 110 valence electrons. The fourth-order valence-electron chi connectivity index (χ4n) is 1.62. The zero-order valence-electron chi connectivity index (χ0n) is 11.7. The maximum atomic E-state index is 12.4. The van der Waals surface area contributed by atoms with Crippen molar-refractivity contribution in [3.05, 3.63) is 16.5 Å². The summed E-state index contributed by atoms with van der Waals surface area (Å²) in [6.45, 7) is 6.30. The van der Waals surface area contributed by atoms with Crippen molar-refractivity contribution in [2.45, 2.75) is 50.6 Å². The van der Waals surface area contributed by atoms with Crippen molar-refractivity contribution in [1.29, 1.82) is 0 Å². The molecule has 0 bridgehead atoms. The minimum atomic E-state index is -3.59. The van der Waals surface area contributed by atoms with E-state index in [1.54, 1.807) is 7.05 Å². The van der Waals surface area contributed by atoms with Crippen molar-refractivity contribution in [2.75, 3.05) is 7.05 Å². The van der Waals surface area contributed by atoms with Crippen molar-refractivity contribution in [2.24, 2.45) is 0 Å². The van der Waals surface area contributed by atoms with Gasteiger partial charge >= 0.3 is 0 Å². The smallest absolute Gasteiger partial charge is 0.245 e. The van der Waals surface area contributed by atoms with Crippen LogP contribution in [-0.4, -0.2) is 21.0 Å². The summed E-state index contributed by atoms with van der Waals surface area (Å²) in [6.07, 6.45) is 1.45. The van der Waals surface area contributed by atoms with Crippen LogP contribution in [0.1, 0.15) is 39.4 Å². The second-order valence-corrected chi connectivity index (χ2v) is 7.13. The first-order valence-electron chi connectivity index (χ1n) is 6.24. The molecule has 0 fully saturated rings. The van der Waals surface area contributed by atoms with E-state index in [-0.39, 0.29) is 9.56 Å². The fraction of sp³-hybridized carbons (Fsp3) is 0.667. The molecule has 7 heteroatoms. The lowest BCUT2D eigenvalue weighted by Gasteiger charge is -2.27. The standard InChI is InChI=1S/C12H21BrN2O3S/c1-5-12(3,6-2)15-19(16,17)10-7-9(8-14-4)18-11(10)13/h7,14-15H,5-6,8H2,1-4H3. The third-order valence-electron chi connectivity index (χ3n) is 3.29. The zero-order chi connectivity index (χ0) is 14.7. The number of nitrogens with one attached hydrogen (secondary N) is 2. The van der Waals surface area contributed by atoms with Crippen LogP contribution in [0.25, 0.3) is 0 Å². The van der Waals surface area contributed by atoms with Crippen molar-refractivity contribution in [1.82, 2.24) is 10.0 Å². The summed E-state index contributed by atoms with van der Waals surface area (Å²) in [5.74, 6) is 0.574. The van der Waals surface area contributed by atoms with Crippen LogP contribution in [-0.2, 0) is 16.6 Å². The third-order valence-corrected chi connectivity index (χ3v) is 5.78. The monoisotopic (exact) mass is 352 g/mol. The van der Waals surface area contributed by atoms with E-state index in [4.69, 9.17) is 4.42 Å². The van der Waals surface area contributed by atoms with Gasteiger partial charge in [-0.25, -0.2) is 13.1 Å². The van der Waals surface area contributed by atoms with E-state index in [0.717, 1.165) is 12.8 Å². The Hall–Kier alpha value is -0.370. The van der Waals surface area contributed by atoms with E-state index in [0.29, 0.717) is 12.3 Å². The Labute approximate surface area is 123 Å². The van der Waals surface area contributed by atoms with Gasteiger partial charge in [-0.3, -0.25) is 0 Å². The molecule has 19 heavy (non-hydrogen) atoms. The molecular weight excluding hydrogens is 332 g/mol. The van der Waals surface area contributed by atoms with E-state index in [9.17, 15) is 8.42 Å². The molecule has 0 aromatic carbocycles. The number of halogens is 1. The molecule has 2 N–H and O–H groups in total. The molecule has 0 amide bonds. The predicted octanol–water partition coefficient (Wildman–Crippen LogP) is 2.62. The van der Waals surface area contributed by atoms with Gasteiger partial charge in [0.2, 0.25) is 10.0 Å². The fourth-order valence-corrected chi connectivity index (χ4v) is 4.16. The second-order valence-electron chi connectivity index (χ2n) is 4.75. The molecule has 1 heterocycles. The summed E-state index contributed by atoms with van der Waals surface area (Å²) >= 11 is 3.16. The summed E-state index contributed by atoms with van der Waals surface area (Å²) in [6, 6.07) is 1.54. The molecule has 0 aliphatic heterocycles. The molecule has 0 saturated heterocycles. The largest absolute Gasteiger partial charge is 0.452 e. The Morgan fingerprint density at radius 2 is 1.95 bits per heavy atom. The average molecular weight is 353 g/mol. The van der Waals surface area contributed by atoms with Crippen molar-refractivity contribution >= 4 is 26.0 Å². The quantitative estimate of drug-likeness (QED) is 0.791. The third kappa shape index (κ3) is 4.05. The Morgan fingerprint density at radius 1 is 1.37 bits per heavy atom. The second kappa shape index (κ2) is 6.39. The molecule has 0 aliphatic carbocycles. The Balaban J connectivity index is 3.07. The summed E-state index contributed by atoms with van der Waals surface area (Å²) in [4.78, 5) is 0.144. The van der Waals surface area contributed by atoms with Gasteiger partial charge in [-0.15, -0.1) is 0 Å². The van der Waals surface area contributed by atoms with Gasteiger partial charge in [-0.2, -0.15) is 0 Å². The van der Waals surface area contributed by atoms with E-state index >= 15 is 0 Å². The summed E-state index contributed by atoms with van der Waals surface area (Å²) in [5, 5.41) is 2.92. The first-order valence-corrected chi connectivity index (χ1v) is 8.52. The molecule has 0 radical (unpaired) electrons. The minimum Gasteiger partial charge on any atom is -0.452 e. The van der Waals surface area contributed by atoms with Gasteiger partial charge in [0.05, 0.1) is 6.54 Å². The van der Waals surface area contributed by atoms with Crippen molar-refractivity contribution in [3.8, 4) is 0 Å². The van der Waals surface area contributed by atoms with Gasteiger partial charge in [-0.1, -0.05) is 13.8 Å². The molecule has 1 rings (SSSR count). The van der Waals surface area contributed by atoms with Gasteiger partial charge in [-0.05, 0) is 42.7 Å². The molecule has 5 nitrogen and oxygen atoms in total. The van der Waals surface area contributed by atoms with Crippen LogP contribution in [0.15, 0.2) is 20.0 Å². The average Bonchev–Trinajstić information content (AvgIpc) is 2.71. The van der Waals surface area contributed by atoms with Crippen LogP contribution in [0, 0.1) is 0 Å². The summed E-state index contributed by atoms with van der Waals surface area (Å²) < 4.78 is 33.1. The topological polar surface area (TPSA) is 71.3 Å². The van der Waals surface area contributed by atoms with Crippen molar-refractivity contribution < 1.29 is 12.8 Å². The van der Waals surface area contributed by atoms with Crippen LogP contribution in [0.3, 0.4) is 0 Å². The molecule has 0 aliphatic rings. The highest BCUT2D eigenvalue weighted by atomic mass is 79.9. The molecule has 1 aromatic heterocycles. The lowest BCUT2D eigenvalue weighted by molar-refractivity contribution is 0.388. The predicted molar refractivity (Wildman–Crippen MR) is 78.5 cm³/mol. The van der Waals surface area contributed by atoms with Gasteiger partial charge in [0.15, 0.2) is 4.67 Å². The molecule has 0 atom stereocenters. The number of hydrogen-bond acceptors (Lipinski definition) is 4.